The normalized spacial score (nSPS) is 11.2. The Morgan fingerprint density at radius 2 is 1.96 bits per heavy atom. The number of carbonyl (C=O) groups excluding carboxylic acids is 1. The first-order chi connectivity index (χ1) is 12.5. The third-order valence-electron chi connectivity index (χ3n) is 4.53. The second kappa shape index (κ2) is 7.70. The molecule has 1 amide bonds. The molecule has 134 valence electrons. The van der Waals surface area contributed by atoms with Crippen LogP contribution in [0.25, 0.3) is 5.69 Å². The van der Waals surface area contributed by atoms with Crippen molar-refractivity contribution < 1.29 is 4.79 Å². The molecule has 0 atom stereocenters. The molecule has 0 saturated heterocycles. The lowest BCUT2D eigenvalue weighted by molar-refractivity contribution is -0.120. The Morgan fingerprint density at radius 3 is 2.65 bits per heavy atom. The molecule has 0 aliphatic heterocycles. The molecule has 0 saturated carbocycles. The smallest absolute Gasteiger partial charge is 0.245 e. The molecular formula is C21H23N3OS. The van der Waals surface area contributed by atoms with Gasteiger partial charge in [-0.05, 0) is 68.5 Å². The molecule has 0 bridgehead atoms. The molecule has 5 heteroatoms. The highest BCUT2D eigenvalue weighted by atomic mass is 32.1. The van der Waals surface area contributed by atoms with Gasteiger partial charge in [-0.2, -0.15) is 5.10 Å². The predicted octanol–water partition coefficient (Wildman–Crippen LogP) is 4.47. The Balaban J connectivity index is 1.75. The zero-order valence-electron chi connectivity index (χ0n) is 15.5. The summed E-state index contributed by atoms with van der Waals surface area (Å²) in [6.07, 6.45) is 2.07. The average molecular weight is 366 g/mol. The van der Waals surface area contributed by atoms with Crippen LogP contribution in [0.15, 0.2) is 46.9 Å². The van der Waals surface area contributed by atoms with Crippen molar-refractivity contribution in [3.8, 4) is 5.69 Å². The van der Waals surface area contributed by atoms with Gasteiger partial charge in [0.25, 0.3) is 0 Å². The van der Waals surface area contributed by atoms with E-state index in [9.17, 15) is 4.79 Å². The van der Waals surface area contributed by atoms with Crippen molar-refractivity contribution >= 4 is 23.5 Å². The molecule has 0 spiro atoms. The van der Waals surface area contributed by atoms with E-state index in [1.165, 1.54) is 11.1 Å². The predicted molar refractivity (Wildman–Crippen MR) is 108 cm³/mol. The van der Waals surface area contributed by atoms with Crippen molar-refractivity contribution in [2.45, 2.75) is 34.1 Å². The average Bonchev–Trinajstić information content (AvgIpc) is 3.19. The van der Waals surface area contributed by atoms with E-state index in [0.29, 0.717) is 6.42 Å². The fraction of sp³-hybridized carbons (Fsp3) is 0.238. The molecule has 3 aromatic rings. The zero-order valence-corrected chi connectivity index (χ0v) is 16.4. The molecule has 0 radical (unpaired) electrons. The third-order valence-corrected chi connectivity index (χ3v) is 5.40. The summed E-state index contributed by atoms with van der Waals surface area (Å²) in [6, 6.07) is 12.4. The highest BCUT2D eigenvalue weighted by Crippen LogP contribution is 2.21. The van der Waals surface area contributed by atoms with Crippen LogP contribution in [-0.4, -0.2) is 16.7 Å². The fourth-order valence-electron chi connectivity index (χ4n) is 2.97. The van der Waals surface area contributed by atoms with Gasteiger partial charge in [-0.1, -0.05) is 12.1 Å². The molecule has 3 rings (SSSR count). The number of hydrogen-bond acceptors (Lipinski definition) is 3. The number of amides is 1. The van der Waals surface area contributed by atoms with E-state index in [2.05, 4.69) is 67.1 Å². The van der Waals surface area contributed by atoms with Gasteiger partial charge in [0.05, 0.1) is 12.6 Å². The SMILES string of the molecule is Cc1ccc(-n2c(C)cc(/C=N\NC(=O)Cc3cccs3)c2C)cc1C. The minimum atomic E-state index is -0.105. The van der Waals surface area contributed by atoms with Crippen molar-refractivity contribution in [2.75, 3.05) is 0 Å². The summed E-state index contributed by atoms with van der Waals surface area (Å²) >= 11 is 1.57. The van der Waals surface area contributed by atoms with E-state index in [1.807, 2.05) is 17.5 Å². The van der Waals surface area contributed by atoms with Crippen molar-refractivity contribution in [1.29, 1.82) is 0 Å². The Hall–Kier alpha value is -2.66. The molecule has 1 N–H and O–H groups in total. The van der Waals surface area contributed by atoms with Crippen LogP contribution in [0.3, 0.4) is 0 Å². The second-order valence-electron chi connectivity index (χ2n) is 6.48. The minimum Gasteiger partial charge on any atom is -0.318 e. The van der Waals surface area contributed by atoms with Crippen molar-refractivity contribution in [3.05, 3.63) is 74.7 Å². The summed E-state index contributed by atoms with van der Waals surface area (Å²) in [7, 11) is 0. The monoisotopic (exact) mass is 365 g/mol. The molecule has 4 nitrogen and oxygen atoms in total. The highest BCUT2D eigenvalue weighted by molar-refractivity contribution is 7.10. The zero-order chi connectivity index (χ0) is 18.7. The summed E-state index contributed by atoms with van der Waals surface area (Å²) in [5.74, 6) is -0.105. The molecule has 0 fully saturated rings. The largest absolute Gasteiger partial charge is 0.318 e. The Morgan fingerprint density at radius 1 is 1.15 bits per heavy atom. The minimum absolute atomic E-state index is 0.105. The summed E-state index contributed by atoms with van der Waals surface area (Å²) in [6.45, 7) is 8.38. The summed E-state index contributed by atoms with van der Waals surface area (Å²) in [5.41, 5.74) is 9.54. The van der Waals surface area contributed by atoms with Gasteiger partial charge in [0.1, 0.15) is 0 Å². The van der Waals surface area contributed by atoms with Crippen LogP contribution >= 0.6 is 11.3 Å². The number of carbonyl (C=O) groups is 1. The molecule has 2 aromatic heterocycles. The van der Waals surface area contributed by atoms with E-state index < -0.39 is 0 Å². The first kappa shape index (κ1) is 18.1. The maximum Gasteiger partial charge on any atom is 0.245 e. The number of nitrogens with one attached hydrogen (secondary N) is 1. The molecule has 2 heterocycles. The number of rotatable bonds is 5. The Labute approximate surface area is 158 Å². The van der Waals surface area contributed by atoms with Gasteiger partial charge >= 0.3 is 0 Å². The maximum absolute atomic E-state index is 11.9. The van der Waals surface area contributed by atoms with E-state index in [0.717, 1.165) is 27.5 Å². The number of aromatic nitrogens is 1. The number of thiophene rings is 1. The van der Waals surface area contributed by atoms with Gasteiger partial charge in [0.2, 0.25) is 5.91 Å². The lowest BCUT2D eigenvalue weighted by Crippen LogP contribution is -2.19. The summed E-state index contributed by atoms with van der Waals surface area (Å²) < 4.78 is 2.21. The number of aryl methyl sites for hydroxylation is 3. The van der Waals surface area contributed by atoms with Gasteiger partial charge in [0.15, 0.2) is 0 Å². The van der Waals surface area contributed by atoms with Crippen LogP contribution in [0.5, 0.6) is 0 Å². The van der Waals surface area contributed by atoms with Crippen LogP contribution < -0.4 is 5.43 Å². The maximum atomic E-state index is 11.9. The molecule has 0 aliphatic rings. The van der Waals surface area contributed by atoms with E-state index >= 15 is 0 Å². The number of hydrogen-bond donors (Lipinski definition) is 1. The van der Waals surface area contributed by atoms with E-state index in [-0.39, 0.29) is 5.91 Å². The quantitative estimate of drug-likeness (QED) is 0.526. The lowest BCUT2D eigenvalue weighted by Gasteiger charge is -2.11. The van der Waals surface area contributed by atoms with Gasteiger partial charge in [-0.15, -0.1) is 11.3 Å². The van der Waals surface area contributed by atoms with Gasteiger partial charge in [0, 0.05) is 27.5 Å². The highest BCUT2D eigenvalue weighted by Gasteiger charge is 2.10. The standard InChI is InChI=1S/C21H23N3OS/c1-14-7-8-19(10-15(14)2)24-16(3)11-18(17(24)4)13-22-23-21(25)12-20-6-5-9-26-20/h5-11,13H,12H2,1-4H3,(H,23,25)/b22-13-. The lowest BCUT2D eigenvalue weighted by atomic mass is 10.1. The third kappa shape index (κ3) is 3.94. The van der Waals surface area contributed by atoms with Crippen LogP contribution in [0.4, 0.5) is 0 Å². The summed E-state index contributed by atoms with van der Waals surface area (Å²) in [4.78, 5) is 13.0. The van der Waals surface area contributed by atoms with Crippen molar-refractivity contribution in [1.82, 2.24) is 9.99 Å². The van der Waals surface area contributed by atoms with Crippen LogP contribution in [-0.2, 0) is 11.2 Å². The number of nitrogens with zero attached hydrogens (tertiary/aromatic N) is 2. The van der Waals surface area contributed by atoms with Gasteiger partial charge < -0.3 is 4.57 Å². The second-order valence-corrected chi connectivity index (χ2v) is 7.51. The van der Waals surface area contributed by atoms with Gasteiger partial charge in [-0.3, -0.25) is 4.79 Å². The fourth-order valence-corrected chi connectivity index (χ4v) is 3.67. The Kier molecular flexibility index (Phi) is 5.38. The number of hydrazone groups is 1. The summed E-state index contributed by atoms with van der Waals surface area (Å²) in [5, 5.41) is 6.10. The van der Waals surface area contributed by atoms with Crippen molar-refractivity contribution in [2.24, 2.45) is 5.10 Å². The van der Waals surface area contributed by atoms with E-state index in [1.54, 1.807) is 17.6 Å². The molecule has 0 unspecified atom stereocenters. The van der Waals surface area contributed by atoms with Crippen molar-refractivity contribution in [3.63, 3.8) is 0 Å². The first-order valence-electron chi connectivity index (χ1n) is 8.56. The van der Waals surface area contributed by atoms with Crippen LogP contribution in [0.2, 0.25) is 0 Å². The van der Waals surface area contributed by atoms with E-state index in [4.69, 9.17) is 0 Å². The molecule has 0 aliphatic carbocycles. The number of benzene rings is 1. The topological polar surface area (TPSA) is 46.4 Å². The molecule has 1 aromatic carbocycles. The van der Waals surface area contributed by atoms with Crippen LogP contribution in [0.1, 0.15) is 33.0 Å². The molecular weight excluding hydrogens is 342 g/mol. The van der Waals surface area contributed by atoms with Crippen LogP contribution in [0, 0.1) is 27.7 Å². The molecule has 26 heavy (non-hydrogen) atoms. The first-order valence-corrected chi connectivity index (χ1v) is 9.44. The Bertz CT molecular complexity index is 952. The van der Waals surface area contributed by atoms with Gasteiger partial charge in [-0.25, -0.2) is 5.43 Å².